The third-order valence-corrected chi connectivity index (χ3v) is 4.76. The van der Waals surface area contributed by atoms with Crippen molar-refractivity contribution < 1.29 is 19.1 Å². The number of rotatable bonds is 9. The van der Waals surface area contributed by atoms with Gasteiger partial charge < -0.3 is 4.74 Å². The molecule has 1 aromatic rings. The van der Waals surface area contributed by atoms with Crippen molar-refractivity contribution in [2.45, 2.75) is 59.0 Å². The van der Waals surface area contributed by atoms with Crippen molar-refractivity contribution in [3.05, 3.63) is 35.1 Å². The van der Waals surface area contributed by atoms with Gasteiger partial charge >= 0.3 is 0 Å². The van der Waals surface area contributed by atoms with Gasteiger partial charge in [-0.3, -0.25) is 10.0 Å². The molecular weight excluding hydrogens is 311 g/mol. The van der Waals surface area contributed by atoms with E-state index in [0.29, 0.717) is 24.8 Å². The number of unbranched alkanes of at least 4 members (excludes halogenated alkanes) is 1. The number of nitrogens with zero attached hydrogens (tertiary/aromatic N) is 1. The molecule has 6 heteroatoms. The zero-order valence-electron chi connectivity index (χ0n) is 15.0. The summed E-state index contributed by atoms with van der Waals surface area (Å²) in [5, 5.41) is 9.68. The molecule has 0 spiro atoms. The second-order valence-electron chi connectivity index (χ2n) is 6.32. The minimum absolute atomic E-state index is 0.182. The Kier molecular flexibility index (Phi) is 7.79. The summed E-state index contributed by atoms with van der Waals surface area (Å²) in [6.45, 7) is 5.64. The van der Waals surface area contributed by atoms with E-state index in [1.807, 2.05) is 13.8 Å². The molecule has 0 bridgehead atoms. The lowest BCUT2D eigenvalue weighted by atomic mass is 9.74. The summed E-state index contributed by atoms with van der Waals surface area (Å²) in [5.74, 6) is 4.53. The molecule has 1 aromatic carbocycles. The molecule has 0 aliphatic heterocycles. The highest BCUT2D eigenvalue weighted by Crippen LogP contribution is 2.41. The average molecular weight is 340 g/mol. The summed E-state index contributed by atoms with van der Waals surface area (Å²) in [5.41, 5.74) is 0.516. The number of hydrogen-bond acceptors (Lipinski definition) is 4. The lowest BCUT2D eigenvalue weighted by molar-refractivity contribution is -0.182. The molecule has 0 aliphatic rings. The Bertz CT molecular complexity index is 551. The molecule has 0 heterocycles. The van der Waals surface area contributed by atoms with Crippen LogP contribution in [-0.4, -0.2) is 23.4 Å². The van der Waals surface area contributed by atoms with Crippen molar-refractivity contribution in [1.29, 1.82) is 0 Å². The van der Waals surface area contributed by atoms with E-state index in [0.717, 1.165) is 18.4 Å². The van der Waals surface area contributed by atoms with E-state index in [4.69, 9.17) is 10.6 Å². The van der Waals surface area contributed by atoms with Crippen LogP contribution in [0.5, 0.6) is 0 Å². The number of hydrogen-bond donors (Lipinski definition) is 2. The highest BCUT2D eigenvalue weighted by atomic mass is 19.1. The fourth-order valence-corrected chi connectivity index (χ4v) is 3.09. The Morgan fingerprint density at radius 2 is 2.12 bits per heavy atom. The maximum Gasteiger partial charge on any atom is 0.267 e. The SMILES string of the molecule is CCCCC(CC)(CC(OC)c1ccc(F)c(C)c1)C(=O)N(N)O. The Labute approximate surface area is 143 Å². The van der Waals surface area contributed by atoms with E-state index in [-0.39, 0.29) is 17.1 Å². The number of benzene rings is 1. The predicted octanol–water partition coefficient (Wildman–Crippen LogP) is 3.89. The number of halogens is 1. The van der Waals surface area contributed by atoms with E-state index in [9.17, 15) is 14.4 Å². The first kappa shape index (κ1) is 20.5. The van der Waals surface area contributed by atoms with E-state index >= 15 is 0 Å². The molecule has 1 rings (SSSR count). The van der Waals surface area contributed by atoms with Gasteiger partial charge in [0.1, 0.15) is 5.82 Å². The first-order valence-corrected chi connectivity index (χ1v) is 8.38. The topological polar surface area (TPSA) is 75.8 Å². The molecule has 2 unspecified atom stereocenters. The molecule has 0 saturated carbocycles. The van der Waals surface area contributed by atoms with Crippen molar-refractivity contribution in [3.8, 4) is 0 Å². The van der Waals surface area contributed by atoms with Crippen LogP contribution in [0.25, 0.3) is 0 Å². The number of methoxy groups -OCH3 is 1. The number of hydroxylamine groups is 1. The third kappa shape index (κ3) is 4.75. The van der Waals surface area contributed by atoms with E-state index in [1.54, 1.807) is 26.2 Å². The van der Waals surface area contributed by atoms with Gasteiger partial charge in [0.15, 0.2) is 0 Å². The molecule has 3 N–H and O–H groups in total. The highest BCUT2D eigenvalue weighted by Gasteiger charge is 2.41. The quantitative estimate of drug-likeness (QED) is 0.309. The summed E-state index contributed by atoms with van der Waals surface area (Å²) >= 11 is 0. The number of hydrazine groups is 1. The lowest BCUT2D eigenvalue weighted by Crippen LogP contribution is -2.46. The zero-order valence-corrected chi connectivity index (χ0v) is 15.0. The molecule has 0 aliphatic carbocycles. The van der Waals surface area contributed by atoms with Gasteiger partial charge in [-0.25, -0.2) is 10.2 Å². The molecule has 2 atom stereocenters. The van der Waals surface area contributed by atoms with E-state index < -0.39 is 11.3 Å². The van der Waals surface area contributed by atoms with Crippen molar-refractivity contribution >= 4 is 5.91 Å². The summed E-state index contributed by atoms with van der Waals surface area (Å²) < 4.78 is 19.1. The minimum Gasteiger partial charge on any atom is -0.377 e. The van der Waals surface area contributed by atoms with Crippen molar-refractivity contribution in [2.75, 3.05) is 7.11 Å². The third-order valence-electron chi connectivity index (χ3n) is 4.76. The van der Waals surface area contributed by atoms with Crippen LogP contribution in [0.15, 0.2) is 18.2 Å². The molecule has 0 saturated heterocycles. The van der Waals surface area contributed by atoms with Gasteiger partial charge in [-0.05, 0) is 43.4 Å². The van der Waals surface area contributed by atoms with Gasteiger partial charge in [-0.1, -0.05) is 38.8 Å². The van der Waals surface area contributed by atoms with Crippen molar-refractivity contribution in [1.82, 2.24) is 5.17 Å². The lowest BCUT2D eigenvalue weighted by Gasteiger charge is -2.35. The summed E-state index contributed by atoms with van der Waals surface area (Å²) in [7, 11) is 1.56. The maximum absolute atomic E-state index is 13.5. The first-order valence-electron chi connectivity index (χ1n) is 8.38. The molecule has 0 radical (unpaired) electrons. The molecule has 0 aromatic heterocycles. The monoisotopic (exact) mass is 340 g/mol. The van der Waals surface area contributed by atoms with Crippen LogP contribution in [0, 0.1) is 18.2 Å². The molecule has 136 valence electrons. The van der Waals surface area contributed by atoms with Gasteiger partial charge in [0.05, 0.1) is 11.5 Å². The summed E-state index contributed by atoms with van der Waals surface area (Å²) in [6.07, 6.45) is 2.89. The fraction of sp³-hybridized carbons (Fsp3) is 0.611. The van der Waals surface area contributed by atoms with Crippen LogP contribution in [0.1, 0.15) is 63.2 Å². The smallest absolute Gasteiger partial charge is 0.267 e. The van der Waals surface area contributed by atoms with Gasteiger partial charge in [-0.2, -0.15) is 5.17 Å². The second-order valence-corrected chi connectivity index (χ2v) is 6.32. The second kappa shape index (κ2) is 9.11. The number of aryl methyl sites for hydroxylation is 1. The van der Waals surface area contributed by atoms with Crippen LogP contribution in [0.4, 0.5) is 4.39 Å². The Hall–Kier alpha value is -1.50. The van der Waals surface area contributed by atoms with Crippen LogP contribution in [0.2, 0.25) is 0 Å². The average Bonchev–Trinajstić information content (AvgIpc) is 2.57. The molecule has 24 heavy (non-hydrogen) atoms. The van der Waals surface area contributed by atoms with Crippen LogP contribution >= 0.6 is 0 Å². The van der Waals surface area contributed by atoms with Crippen LogP contribution < -0.4 is 5.84 Å². The highest BCUT2D eigenvalue weighted by molar-refractivity contribution is 5.81. The van der Waals surface area contributed by atoms with E-state index in [2.05, 4.69) is 0 Å². The number of amides is 1. The van der Waals surface area contributed by atoms with Gasteiger partial charge in [0.25, 0.3) is 5.91 Å². The molecular formula is C18H29FN2O3. The first-order chi connectivity index (χ1) is 11.3. The predicted molar refractivity (Wildman–Crippen MR) is 90.6 cm³/mol. The summed E-state index contributed by atoms with van der Waals surface area (Å²) in [6, 6.07) is 4.80. The Morgan fingerprint density at radius 3 is 2.58 bits per heavy atom. The Morgan fingerprint density at radius 1 is 1.46 bits per heavy atom. The van der Waals surface area contributed by atoms with Gasteiger partial charge in [-0.15, -0.1) is 0 Å². The van der Waals surface area contributed by atoms with Gasteiger partial charge in [0.2, 0.25) is 0 Å². The normalized spacial score (nSPS) is 15.0. The van der Waals surface area contributed by atoms with Crippen molar-refractivity contribution in [3.63, 3.8) is 0 Å². The number of ether oxygens (including phenoxy) is 1. The number of carbonyl (C=O) groups is 1. The zero-order chi connectivity index (χ0) is 18.3. The molecule has 1 amide bonds. The van der Waals surface area contributed by atoms with Crippen LogP contribution in [-0.2, 0) is 9.53 Å². The fourth-order valence-electron chi connectivity index (χ4n) is 3.09. The van der Waals surface area contributed by atoms with Crippen LogP contribution in [0.3, 0.4) is 0 Å². The maximum atomic E-state index is 13.5. The Balaban J connectivity index is 3.16. The standard InChI is InChI=1S/C18H29FN2O3/c1-5-7-10-18(6-2,17(22)21(20)23)12-16(24-4)14-8-9-15(19)13(3)11-14/h8-9,11,16,23H,5-7,10,12,20H2,1-4H3. The molecule has 0 fully saturated rings. The minimum atomic E-state index is -0.817. The van der Waals surface area contributed by atoms with Crippen molar-refractivity contribution in [2.24, 2.45) is 11.3 Å². The largest absolute Gasteiger partial charge is 0.377 e. The molecule has 5 nitrogen and oxygen atoms in total. The number of nitrogens with two attached hydrogens (primary N) is 1. The number of carbonyl (C=O) groups excluding carboxylic acids is 1. The van der Waals surface area contributed by atoms with E-state index in [1.165, 1.54) is 6.07 Å². The summed E-state index contributed by atoms with van der Waals surface area (Å²) in [4.78, 5) is 12.5. The van der Waals surface area contributed by atoms with Gasteiger partial charge in [0, 0.05) is 7.11 Å².